The van der Waals surface area contributed by atoms with Gasteiger partial charge in [-0.3, -0.25) is 0 Å². The average Bonchev–Trinajstić information content (AvgIpc) is 3.89. The van der Waals surface area contributed by atoms with Crippen LogP contribution in [0.25, 0.3) is 77.6 Å². The van der Waals surface area contributed by atoms with Crippen LogP contribution >= 0.6 is 0 Å². The van der Waals surface area contributed by atoms with Gasteiger partial charge in [0.15, 0.2) is 0 Å². The van der Waals surface area contributed by atoms with Crippen LogP contribution in [0.3, 0.4) is 0 Å². The fourth-order valence-electron chi connectivity index (χ4n) is 11.0. The first-order valence-electron chi connectivity index (χ1n) is 21.8. The molecule has 0 N–H and O–H groups in total. The molecule has 9 aromatic carbocycles. The lowest BCUT2D eigenvalue weighted by Crippen LogP contribution is -2.16. The first-order chi connectivity index (χ1) is 30.3. The summed E-state index contributed by atoms with van der Waals surface area (Å²) in [5, 5.41) is 2.28. The van der Waals surface area contributed by atoms with Gasteiger partial charge in [-0.15, -0.1) is 0 Å². The Balaban J connectivity index is 0.998. The summed E-state index contributed by atoms with van der Waals surface area (Å²) < 4.78 is 6.30. The minimum absolute atomic E-state index is 0.128. The Morgan fingerprint density at radius 3 is 1.39 bits per heavy atom. The largest absolute Gasteiger partial charge is 0.456 e. The van der Waals surface area contributed by atoms with Crippen LogP contribution in [0.4, 0.5) is 17.1 Å². The van der Waals surface area contributed by atoms with Gasteiger partial charge in [-0.05, 0) is 132 Å². The van der Waals surface area contributed by atoms with Gasteiger partial charge in [-0.2, -0.15) is 0 Å². The van der Waals surface area contributed by atoms with Crippen LogP contribution in [0.2, 0.25) is 0 Å². The third-order valence-corrected chi connectivity index (χ3v) is 13.8. The fraction of sp³-hybridized carbons (Fsp3) is 0.100. The van der Waals surface area contributed by atoms with Crippen molar-refractivity contribution in [3.8, 4) is 55.6 Å². The van der Waals surface area contributed by atoms with Gasteiger partial charge in [0, 0.05) is 38.7 Å². The number of fused-ring (bicyclic) bond motifs is 9. The van der Waals surface area contributed by atoms with E-state index in [0.717, 1.165) is 50.1 Å². The number of hydrogen-bond donors (Lipinski definition) is 0. The second-order valence-electron chi connectivity index (χ2n) is 18.1. The van der Waals surface area contributed by atoms with Crippen LogP contribution < -0.4 is 4.90 Å². The number of furan rings is 1. The average molecular weight is 796 g/mol. The second kappa shape index (κ2) is 13.5. The van der Waals surface area contributed by atoms with Gasteiger partial charge in [0.05, 0.1) is 0 Å². The van der Waals surface area contributed by atoms with E-state index in [9.17, 15) is 0 Å². The predicted molar refractivity (Wildman–Crippen MR) is 260 cm³/mol. The van der Waals surface area contributed by atoms with Gasteiger partial charge in [0.1, 0.15) is 11.2 Å². The van der Waals surface area contributed by atoms with Crippen molar-refractivity contribution in [2.24, 2.45) is 0 Å². The maximum atomic E-state index is 6.30. The lowest BCUT2D eigenvalue weighted by molar-refractivity contribution is 0.662. The first kappa shape index (κ1) is 36.4. The predicted octanol–water partition coefficient (Wildman–Crippen LogP) is 16.7. The first-order valence-corrected chi connectivity index (χ1v) is 21.8. The normalized spacial score (nSPS) is 14.1. The van der Waals surface area contributed by atoms with Crippen molar-refractivity contribution in [2.45, 2.75) is 38.5 Å². The molecular weight excluding hydrogens is 751 g/mol. The summed E-state index contributed by atoms with van der Waals surface area (Å²) >= 11 is 0. The molecule has 62 heavy (non-hydrogen) atoms. The summed E-state index contributed by atoms with van der Waals surface area (Å²) in [7, 11) is 0. The molecule has 2 aliphatic rings. The van der Waals surface area contributed by atoms with Crippen molar-refractivity contribution in [2.75, 3.05) is 4.90 Å². The van der Waals surface area contributed by atoms with Gasteiger partial charge in [-0.1, -0.05) is 173 Å². The number of nitrogens with zero attached hydrogens (tertiary/aromatic N) is 1. The Bertz CT molecular complexity index is 3270. The minimum atomic E-state index is -0.128. The summed E-state index contributed by atoms with van der Waals surface area (Å²) in [6.07, 6.45) is 0. The molecule has 0 bridgehead atoms. The molecule has 10 aromatic rings. The summed E-state index contributed by atoms with van der Waals surface area (Å²) in [4.78, 5) is 2.42. The minimum Gasteiger partial charge on any atom is -0.456 e. The molecule has 2 aliphatic carbocycles. The third-order valence-electron chi connectivity index (χ3n) is 13.8. The Kier molecular flexibility index (Phi) is 7.96. The van der Waals surface area contributed by atoms with Crippen molar-refractivity contribution in [1.82, 2.24) is 0 Å². The molecule has 12 rings (SSSR count). The molecule has 1 heterocycles. The Labute approximate surface area is 363 Å². The second-order valence-corrected chi connectivity index (χ2v) is 18.1. The highest BCUT2D eigenvalue weighted by molar-refractivity contribution is 6.06. The van der Waals surface area contributed by atoms with Gasteiger partial charge in [0.25, 0.3) is 0 Å². The quantitative estimate of drug-likeness (QED) is 0.167. The van der Waals surface area contributed by atoms with Crippen molar-refractivity contribution in [3.63, 3.8) is 0 Å². The molecule has 2 nitrogen and oxygen atoms in total. The van der Waals surface area contributed by atoms with Crippen LogP contribution in [0.15, 0.2) is 205 Å². The third kappa shape index (κ3) is 5.43. The molecule has 0 fully saturated rings. The number of para-hydroxylation sites is 1. The van der Waals surface area contributed by atoms with E-state index in [1.165, 1.54) is 66.8 Å². The highest BCUT2D eigenvalue weighted by Crippen LogP contribution is 2.54. The smallest absolute Gasteiger partial charge is 0.136 e. The molecule has 2 heteroatoms. The molecule has 0 radical (unpaired) electrons. The van der Waals surface area contributed by atoms with Crippen LogP contribution in [-0.4, -0.2) is 0 Å². The van der Waals surface area contributed by atoms with E-state index in [2.05, 4.69) is 221 Å². The van der Waals surface area contributed by atoms with Crippen molar-refractivity contribution in [1.29, 1.82) is 0 Å². The summed E-state index contributed by atoms with van der Waals surface area (Å²) in [6.45, 7) is 9.49. The van der Waals surface area contributed by atoms with Gasteiger partial charge in [0.2, 0.25) is 0 Å². The fourth-order valence-corrected chi connectivity index (χ4v) is 11.0. The Hall–Kier alpha value is -7.42. The van der Waals surface area contributed by atoms with Crippen LogP contribution in [0.1, 0.15) is 49.9 Å². The SMILES string of the molecule is CC1(C)c2ccccc2-c2cccc(-c3cccc(N(c4ccc(-c5ccc6c(c5)oc5ccccc56)cc4)c4cccc(-c5cccc6c5C(C)(C)c5ccccc5-6)c4)c3)c21. The molecule has 0 aliphatic heterocycles. The van der Waals surface area contributed by atoms with Crippen LogP contribution in [0, 0.1) is 0 Å². The standard InChI is InChI=1S/C60H45NO/c1-59(2)53-26-8-5-19-47(53)51-24-13-22-45(57(51)59)40-15-11-17-43(35-40)61(42-32-29-38(30-33-42)39-31-34-50-49-21-7-10-28-55(49)62-56(50)37-39)44-18-12-16-41(36-44)46-23-14-25-52-48-20-6-9-27-54(48)60(3,4)58(46)52/h5-37H,1-4H3. The van der Waals surface area contributed by atoms with E-state index >= 15 is 0 Å². The lowest BCUT2D eigenvalue weighted by atomic mass is 9.79. The number of anilines is 3. The topological polar surface area (TPSA) is 16.4 Å². The van der Waals surface area contributed by atoms with E-state index < -0.39 is 0 Å². The molecule has 296 valence electrons. The van der Waals surface area contributed by atoms with E-state index in [-0.39, 0.29) is 10.8 Å². The lowest BCUT2D eigenvalue weighted by Gasteiger charge is -2.28. The van der Waals surface area contributed by atoms with Gasteiger partial charge in [-0.25, -0.2) is 0 Å². The van der Waals surface area contributed by atoms with Crippen LogP contribution in [-0.2, 0) is 10.8 Å². The number of rotatable bonds is 6. The Morgan fingerprint density at radius 2 is 0.790 bits per heavy atom. The molecular formula is C60H45NO. The maximum absolute atomic E-state index is 6.30. The molecule has 0 spiro atoms. The van der Waals surface area contributed by atoms with Crippen molar-refractivity contribution in [3.05, 3.63) is 222 Å². The molecule has 0 amide bonds. The van der Waals surface area contributed by atoms with Crippen LogP contribution in [0.5, 0.6) is 0 Å². The van der Waals surface area contributed by atoms with E-state index in [1.807, 2.05) is 12.1 Å². The molecule has 0 saturated heterocycles. The van der Waals surface area contributed by atoms with Gasteiger partial charge < -0.3 is 9.32 Å². The molecule has 0 saturated carbocycles. The van der Waals surface area contributed by atoms with Gasteiger partial charge >= 0.3 is 0 Å². The maximum Gasteiger partial charge on any atom is 0.136 e. The van der Waals surface area contributed by atoms with Crippen molar-refractivity contribution < 1.29 is 4.42 Å². The highest BCUT2D eigenvalue weighted by atomic mass is 16.3. The molecule has 0 atom stereocenters. The number of hydrogen-bond acceptors (Lipinski definition) is 2. The molecule has 1 aromatic heterocycles. The monoisotopic (exact) mass is 795 g/mol. The summed E-state index contributed by atoms with van der Waals surface area (Å²) in [6, 6.07) is 73.5. The summed E-state index contributed by atoms with van der Waals surface area (Å²) in [5.41, 5.74) is 23.0. The van der Waals surface area contributed by atoms with E-state index in [0.29, 0.717) is 0 Å². The Morgan fingerprint density at radius 1 is 0.323 bits per heavy atom. The zero-order chi connectivity index (χ0) is 41.7. The zero-order valence-electron chi connectivity index (χ0n) is 35.4. The zero-order valence-corrected chi connectivity index (χ0v) is 35.4. The summed E-state index contributed by atoms with van der Waals surface area (Å²) in [5.74, 6) is 0. The van der Waals surface area contributed by atoms with E-state index in [4.69, 9.17) is 4.42 Å². The molecule has 0 unspecified atom stereocenters. The van der Waals surface area contributed by atoms with Crippen molar-refractivity contribution >= 4 is 39.0 Å². The number of benzene rings is 9. The highest BCUT2D eigenvalue weighted by Gasteiger charge is 2.38. The van der Waals surface area contributed by atoms with E-state index in [1.54, 1.807) is 0 Å².